The molecule has 10 heteroatoms. The molecule has 0 saturated carbocycles. The number of nitrogens with zero attached hydrogens (tertiary/aromatic N) is 6. The van der Waals surface area contributed by atoms with Gasteiger partial charge in [0.25, 0.3) is 11.5 Å². The van der Waals surface area contributed by atoms with Crippen LogP contribution in [-0.4, -0.2) is 78.5 Å². The second kappa shape index (κ2) is 5.74. The molecule has 2 fully saturated rings. The number of nitrogens with one attached hydrogen (secondary N) is 1. The molecule has 0 radical (unpaired) electrons. The first kappa shape index (κ1) is 16.2. The zero-order valence-electron chi connectivity index (χ0n) is 14.7. The van der Waals surface area contributed by atoms with Crippen LogP contribution in [0.4, 0.5) is 4.39 Å². The monoisotopic (exact) mass is 371 g/mol. The van der Waals surface area contributed by atoms with Crippen LogP contribution in [0.2, 0.25) is 0 Å². The molecule has 3 aromatic rings. The fourth-order valence-electron chi connectivity index (χ4n) is 3.64. The average Bonchev–Trinajstić information content (AvgIpc) is 3.18. The van der Waals surface area contributed by atoms with E-state index in [9.17, 15) is 14.0 Å². The number of carbonyl (C=O) groups excluding carboxylic acids is 1. The number of amides is 1. The SMILES string of the molecule is Cc1c(C(=O)N2CC(N3CC(F)C3)C2)cnn1-c1nn2cccc2c(=O)[nH]1. The van der Waals surface area contributed by atoms with E-state index in [1.165, 1.54) is 15.4 Å². The first-order chi connectivity index (χ1) is 13.0. The van der Waals surface area contributed by atoms with Crippen LogP contribution in [0.5, 0.6) is 0 Å². The number of carbonyl (C=O) groups is 1. The van der Waals surface area contributed by atoms with Crippen molar-refractivity contribution >= 4 is 11.4 Å². The summed E-state index contributed by atoms with van der Waals surface area (Å²) >= 11 is 0. The zero-order valence-corrected chi connectivity index (χ0v) is 14.7. The van der Waals surface area contributed by atoms with Gasteiger partial charge in [-0.25, -0.2) is 13.6 Å². The molecule has 2 aliphatic heterocycles. The Kier molecular flexibility index (Phi) is 3.44. The third kappa shape index (κ3) is 2.47. The number of aromatic amines is 1. The molecular formula is C17H18FN7O2. The summed E-state index contributed by atoms with van der Waals surface area (Å²) in [5.41, 5.74) is 1.23. The third-order valence-electron chi connectivity index (χ3n) is 5.36. The lowest BCUT2D eigenvalue weighted by Crippen LogP contribution is -2.66. The van der Waals surface area contributed by atoms with E-state index in [4.69, 9.17) is 0 Å². The van der Waals surface area contributed by atoms with Crippen molar-refractivity contribution in [3.05, 3.63) is 46.1 Å². The highest BCUT2D eigenvalue weighted by Gasteiger charge is 2.41. The molecule has 0 aliphatic carbocycles. The van der Waals surface area contributed by atoms with Crippen LogP contribution in [0, 0.1) is 6.92 Å². The maximum Gasteiger partial charge on any atom is 0.276 e. The minimum absolute atomic E-state index is 0.114. The van der Waals surface area contributed by atoms with E-state index < -0.39 is 6.17 Å². The number of alkyl halides is 1. The van der Waals surface area contributed by atoms with Crippen LogP contribution in [-0.2, 0) is 0 Å². The lowest BCUT2D eigenvalue weighted by atomic mass is 10.0. The van der Waals surface area contributed by atoms with Crippen molar-refractivity contribution in [2.45, 2.75) is 19.1 Å². The summed E-state index contributed by atoms with van der Waals surface area (Å²) in [6, 6.07) is 3.64. The van der Waals surface area contributed by atoms with Gasteiger partial charge in [0.2, 0.25) is 5.95 Å². The number of halogens is 1. The van der Waals surface area contributed by atoms with Gasteiger partial charge in [0, 0.05) is 38.4 Å². The second-order valence-corrected chi connectivity index (χ2v) is 7.09. The van der Waals surface area contributed by atoms with Crippen molar-refractivity contribution in [1.82, 2.24) is 34.2 Å². The fourth-order valence-corrected chi connectivity index (χ4v) is 3.64. The number of fused-ring (bicyclic) bond motifs is 1. The van der Waals surface area contributed by atoms with Gasteiger partial charge in [-0.2, -0.15) is 5.10 Å². The maximum atomic E-state index is 13.0. The van der Waals surface area contributed by atoms with Crippen molar-refractivity contribution in [2.24, 2.45) is 0 Å². The number of aromatic nitrogens is 5. The Balaban J connectivity index is 1.37. The van der Waals surface area contributed by atoms with Gasteiger partial charge >= 0.3 is 0 Å². The van der Waals surface area contributed by atoms with Crippen LogP contribution >= 0.6 is 0 Å². The second-order valence-electron chi connectivity index (χ2n) is 7.09. The van der Waals surface area contributed by atoms with E-state index >= 15 is 0 Å². The van der Waals surface area contributed by atoms with Gasteiger partial charge in [-0.15, -0.1) is 5.10 Å². The van der Waals surface area contributed by atoms with E-state index in [0.717, 1.165) is 0 Å². The minimum Gasteiger partial charge on any atom is -0.335 e. The first-order valence-electron chi connectivity index (χ1n) is 8.81. The van der Waals surface area contributed by atoms with Gasteiger partial charge in [-0.3, -0.25) is 19.5 Å². The van der Waals surface area contributed by atoms with Crippen LogP contribution in [0.3, 0.4) is 0 Å². The van der Waals surface area contributed by atoms with E-state index in [2.05, 4.69) is 20.1 Å². The molecular weight excluding hydrogens is 353 g/mol. The van der Waals surface area contributed by atoms with E-state index in [0.29, 0.717) is 43.0 Å². The summed E-state index contributed by atoms with van der Waals surface area (Å²) in [6.07, 6.45) is 2.44. The molecule has 0 bridgehead atoms. The van der Waals surface area contributed by atoms with Gasteiger partial charge in [-0.1, -0.05) is 0 Å². The summed E-state index contributed by atoms with van der Waals surface area (Å²) < 4.78 is 15.9. The summed E-state index contributed by atoms with van der Waals surface area (Å²) in [5.74, 6) is 0.132. The summed E-state index contributed by atoms with van der Waals surface area (Å²) in [6.45, 7) is 3.89. The standard InChI is InChI=1S/C17H18FN7O2/c1-10-13(16(27)23-8-12(9-23)22-6-11(18)7-22)5-19-25(10)17-20-15(26)14-3-2-4-24(14)21-17/h2-5,11-12H,6-9H2,1H3,(H,20,21,26). The van der Waals surface area contributed by atoms with Gasteiger partial charge in [0.1, 0.15) is 11.7 Å². The molecule has 140 valence electrons. The molecule has 27 heavy (non-hydrogen) atoms. The van der Waals surface area contributed by atoms with Gasteiger partial charge in [-0.05, 0) is 19.1 Å². The number of likely N-dealkylation sites (tertiary alicyclic amines) is 2. The van der Waals surface area contributed by atoms with E-state index in [1.54, 1.807) is 30.2 Å². The molecule has 0 atom stereocenters. The summed E-state index contributed by atoms with van der Waals surface area (Å²) in [4.78, 5) is 31.4. The molecule has 0 aromatic carbocycles. The highest BCUT2D eigenvalue weighted by molar-refractivity contribution is 5.95. The average molecular weight is 371 g/mol. The maximum absolute atomic E-state index is 13.0. The topological polar surface area (TPSA) is 91.5 Å². The third-order valence-corrected chi connectivity index (χ3v) is 5.36. The van der Waals surface area contributed by atoms with E-state index in [1.807, 2.05) is 0 Å². The van der Waals surface area contributed by atoms with Gasteiger partial charge in [0.05, 0.1) is 17.5 Å². The van der Waals surface area contributed by atoms with Crippen LogP contribution < -0.4 is 5.56 Å². The Labute approximate surface area is 153 Å². The number of hydrogen-bond acceptors (Lipinski definition) is 5. The number of rotatable bonds is 3. The van der Waals surface area contributed by atoms with Crippen molar-refractivity contribution in [1.29, 1.82) is 0 Å². The number of H-pyrrole nitrogens is 1. The summed E-state index contributed by atoms with van der Waals surface area (Å²) in [5, 5.41) is 8.57. The van der Waals surface area contributed by atoms with Crippen molar-refractivity contribution in [3.8, 4) is 5.95 Å². The molecule has 0 spiro atoms. The Hall–Kier alpha value is -3.01. The Morgan fingerprint density at radius 1 is 1.30 bits per heavy atom. The van der Waals surface area contributed by atoms with Crippen LogP contribution in [0.25, 0.3) is 11.5 Å². The molecule has 5 rings (SSSR count). The summed E-state index contributed by atoms with van der Waals surface area (Å²) in [7, 11) is 0. The normalized spacial score (nSPS) is 18.7. The van der Waals surface area contributed by atoms with Gasteiger partial charge in [0.15, 0.2) is 0 Å². The smallest absolute Gasteiger partial charge is 0.276 e. The predicted molar refractivity (Wildman–Crippen MR) is 93.8 cm³/mol. The van der Waals surface area contributed by atoms with E-state index in [-0.39, 0.29) is 23.5 Å². The Bertz CT molecular complexity index is 1090. The number of hydrogen-bond donors (Lipinski definition) is 1. The highest BCUT2D eigenvalue weighted by atomic mass is 19.1. The first-order valence-corrected chi connectivity index (χ1v) is 8.81. The molecule has 3 aromatic heterocycles. The van der Waals surface area contributed by atoms with Gasteiger partial charge < -0.3 is 4.90 Å². The largest absolute Gasteiger partial charge is 0.335 e. The van der Waals surface area contributed by atoms with Crippen molar-refractivity contribution in [3.63, 3.8) is 0 Å². The molecule has 0 unspecified atom stereocenters. The highest BCUT2D eigenvalue weighted by Crippen LogP contribution is 2.24. The molecule has 9 nitrogen and oxygen atoms in total. The molecule has 1 amide bonds. The Morgan fingerprint density at radius 3 is 2.81 bits per heavy atom. The quantitative estimate of drug-likeness (QED) is 0.700. The molecule has 5 heterocycles. The zero-order chi connectivity index (χ0) is 18.7. The fraction of sp³-hybridized carbons (Fsp3) is 0.412. The van der Waals surface area contributed by atoms with Crippen LogP contribution in [0.15, 0.2) is 29.3 Å². The minimum atomic E-state index is -0.734. The van der Waals surface area contributed by atoms with Crippen LogP contribution in [0.1, 0.15) is 16.1 Å². The lowest BCUT2D eigenvalue weighted by molar-refractivity contribution is -0.0325. The van der Waals surface area contributed by atoms with Crippen molar-refractivity contribution < 1.29 is 9.18 Å². The molecule has 2 saturated heterocycles. The molecule has 2 aliphatic rings. The van der Waals surface area contributed by atoms with Crippen molar-refractivity contribution in [2.75, 3.05) is 26.2 Å². The lowest BCUT2D eigenvalue weighted by Gasteiger charge is -2.49. The molecule has 1 N–H and O–H groups in total. The Morgan fingerprint density at radius 2 is 2.07 bits per heavy atom. The predicted octanol–water partition coefficient (Wildman–Crippen LogP) is -0.00518.